The monoisotopic (exact) mass is 203 g/mol. The van der Waals surface area contributed by atoms with E-state index in [1.54, 1.807) is 6.07 Å². The first kappa shape index (κ1) is 10.8. The number of benzene rings is 1. The number of aldehydes is 1. The highest BCUT2D eigenvalue weighted by molar-refractivity contribution is 5.80. The van der Waals surface area contributed by atoms with E-state index < -0.39 is 5.91 Å². The van der Waals surface area contributed by atoms with Crippen LogP contribution in [0.15, 0.2) is 18.2 Å². The van der Waals surface area contributed by atoms with Gasteiger partial charge in [0.2, 0.25) is 5.91 Å². The molecule has 1 aromatic rings. The van der Waals surface area contributed by atoms with Crippen molar-refractivity contribution in [1.82, 2.24) is 0 Å². The molecule has 0 saturated carbocycles. The molecule has 0 bridgehead atoms. The number of carbonyl (C=O) groups is 2. The lowest BCUT2D eigenvalue weighted by Gasteiger charge is -1.96. The molecule has 1 rings (SSSR count). The van der Waals surface area contributed by atoms with Gasteiger partial charge in [-0.25, -0.2) is 0 Å². The van der Waals surface area contributed by atoms with Crippen LogP contribution in [0.3, 0.4) is 0 Å². The molecule has 0 aliphatic heterocycles. The van der Waals surface area contributed by atoms with Crippen molar-refractivity contribution in [2.75, 3.05) is 0 Å². The number of carbonyl (C=O) groups excluding carboxylic acids is 2. The van der Waals surface area contributed by atoms with Crippen LogP contribution >= 0.6 is 0 Å². The zero-order valence-corrected chi connectivity index (χ0v) is 7.86. The highest BCUT2D eigenvalue weighted by Gasteiger charge is 1.99. The van der Waals surface area contributed by atoms with Crippen LogP contribution in [-0.4, -0.2) is 17.3 Å². The SMILES string of the molecule is NC(=O)CC#Cc1ccc(O)c(C=O)c1. The van der Waals surface area contributed by atoms with E-state index in [9.17, 15) is 14.7 Å². The molecule has 15 heavy (non-hydrogen) atoms. The minimum atomic E-state index is -0.503. The first-order chi connectivity index (χ1) is 7.13. The molecular weight excluding hydrogens is 194 g/mol. The van der Waals surface area contributed by atoms with Gasteiger partial charge in [0.25, 0.3) is 0 Å². The Morgan fingerprint density at radius 3 is 2.87 bits per heavy atom. The number of nitrogens with two attached hydrogens (primary N) is 1. The van der Waals surface area contributed by atoms with Crippen LogP contribution < -0.4 is 5.73 Å². The van der Waals surface area contributed by atoms with Gasteiger partial charge in [0, 0.05) is 5.56 Å². The van der Waals surface area contributed by atoms with Crippen molar-refractivity contribution in [2.24, 2.45) is 5.73 Å². The Morgan fingerprint density at radius 1 is 1.53 bits per heavy atom. The Kier molecular flexibility index (Phi) is 3.47. The standard InChI is InChI=1S/C11H9NO3/c12-11(15)3-1-2-8-4-5-10(14)9(6-8)7-13/h4-7,14H,3H2,(H2,12,15). The number of hydrogen-bond donors (Lipinski definition) is 2. The molecular formula is C11H9NO3. The Morgan fingerprint density at radius 2 is 2.27 bits per heavy atom. The molecule has 76 valence electrons. The summed E-state index contributed by atoms with van der Waals surface area (Å²) >= 11 is 0. The number of aromatic hydroxyl groups is 1. The molecule has 0 radical (unpaired) electrons. The lowest BCUT2D eigenvalue weighted by Crippen LogP contribution is -2.08. The Balaban J connectivity index is 2.90. The van der Waals surface area contributed by atoms with E-state index in [4.69, 9.17) is 5.73 Å². The number of primary amides is 1. The smallest absolute Gasteiger partial charge is 0.229 e. The molecule has 1 amide bonds. The van der Waals surface area contributed by atoms with E-state index in [1.165, 1.54) is 12.1 Å². The highest BCUT2D eigenvalue weighted by Crippen LogP contribution is 2.15. The van der Waals surface area contributed by atoms with Gasteiger partial charge in [0.15, 0.2) is 6.29 Å². The fraction of sp³-hybridized carbons (Fsp3) is 0.0909. The van der Waals surface area contributed by atoms with Gasteiger partial charge in [-0.05, 0) is 18.2 Å². The second-order valence-electron chi connectivity index (χ2n) is 2.84. The highest BCUT2D eigenvalue weighted by atomic mass is 16.3. The maximum absolute atomic E-state index is 10.5. The van der Waals surface area contributed by atoms with E-state index >= 15 is 0 Å². The Bertz CT molecular complexity index is 455. The molecule has 1 aromatic carbocycles. The predicted octanol–water partition coefficient (Wildman–Crippen LogP) is 0.432. The first-order valence-electron chi connectivity index (χ1n) is 4.19. The minimum absolute atomic E-state index is 0.0305. The van der Waals surface area contributed by atoms with Crippen molar-refractivity contribution < 1.29 is 14.7 Å². The summed E-state index contributed by atoms with van der Waals surface area (Å²) in [6.07, 6.45) is 0.506. The Labute approximate surface area is 86.7 Å². The normalized spacial score (nSPS) is 8.80. The minimum Gasteiger partial charge on any atom is -0.507 e. The van der Waals surface area contributed by atoms with Gasteiger partial charge >= 0.3 is 0 Å². The summed E-state index contributed by atoms with van der Waals surface area (Å²) in [7, 11) is 0. The van der Waals surface area contributed by atoms with E-state index in [2.05, 4.69) is 11.8 Å². The molecule has 0 aromatic heterocycles. The first-order valence-corrected chi connectivity index (χ1v) is 4.19. The van der Waals surface area contributed by atoms with Crippen molar-refractivity contribution in [1.29, 1.82) is 0 Å². The van der Waals surface area contributed by atoms with E-state index in [1.807, 2.05) is 0 Å². The average molecular weight is 203 g/mol. The van der Waals surface area contributed by atoms with Gasteiger partial charge in [-0.2, -0.15) is 0 Å². The van der Waals surface area contributed by atoms with Crippen molar-refractivity contribution >= 4 is 12.2 Å². The number of amides is 1. The molecule has 0 aliphatic carbocycles. The van der Waals surface area contributed by atoms with Crippen LogP contribution in [0, 0.1) is 11.8 Å². The third kappa shape index (κ3) is 3.16. The quantitative estimate of drug-likeness (QED) is 0.540. The van der Waals surface area contributed by atoms with Crippen LogP contribution in [0.1, 0.15) is 22.3 Å². The summed E-state index contributed by atoms with van der Waals surface area (Å²) in [6, 6.07) is 4.37. The predicted molar refractivity (Wildman–Crippen MR) is 54.2 cm³/mol. The van der Waals surface area contributed by atoms with Crippen LogP contribution in [0.5, 0.6) is 5.75 Å². The largest absolute Gasteiger partial charge is 0.507 e. The molecule has 0 saturated heterocycles. The van der Waals surface area contributed by atoms with Crippen LogP contribution in [-0.2, 0) is 4.79 Å². The molecule has 4 nitrogen and oxygen atoms in total. The van der Waals surface area contributed by atoms with Gasteiger partial charge in [-0.1, -0.05) is 11.8 Å². The Hall–Kier alpha value is -2.28. The van der Waals surface area contributed by atoms with Crippen molar-refractivity contribution in [2.45, 2.75) is 6.42 Å². The third-order valence-corrected chi connectivity index (χ3v) is 1.65. The lowest BCUT2D eigenvalue weighted by molar-refractivity contribution is -0.117. The summed E-state index contributed by atoms with van der Waals surface area (Å²) in [4.78, 5) is 20.9. The maximum Gasteiger partial charge on any atom is 0.229 e. The molecule has 0 aliphatic rings. The topological polar surface area (TPSA) is 80.4 Å². The summed E-state index contributed by atoms with van der Waals surface area (Å²) < 4.78 is 0. The molecule has 4 heteroatoms. The van der Waals surface area contributed by atoms with Crippen LogP contribution in [0.2, 0.25) is 0 Å². The molecule has 0 heterocycles. The molecule has 3 N–H and O–H groups in total. The van der Waals surface area contributed by atoms with Gasteiger partial charge < -0.3 is 10.8 Å². The summed E-state index contributed by atoms with van der Waals surface area (Å²) in [5.74, 6) is 4.61. The zero-order valence-electron chi connectivity index (χ0n) is 7.86. The van der Waals surface area contributed by atoms with Crippen molar-refractivity contribution in [3.05, 3.63) is 29.3 Å². The van der Waals surface area contributed by atoms with E-state index in [0.29, 0.717) is 11.8 Å². The number of phenols is 1. The second kappa shape index (κ2) is 4.82. The van der Waals surface area contributed by atoms with Gasteiger partial charge in [0.05, 0.1) is 12.0 Å². The number of hydrogen-bond acceptors (Lipinski definition) is 3. The van der Waals surface area contributed by atoms with Gasteiger partial charge in [0.1, 0.15) is 5.75 Å². The average Bonchev–Trinajstić information content (AvgIpc) is 2.20. The fourth-order valence-electron chi connectivity index (χ4n) is 0.960. The number of phenolic OH excluding ortho intramolecular Hbond substituents is 1. The molecule has 0 atom stereocenters. The lowest BCUT2D eigenvalue weighted by atomic mass is 10.1. The summed E-state index contributed by atoms with van der Waals surface area (Å²) in [6.45, 7) is 0. The third-order valence-electron chi connectivity index (χ3n) is 1.65. The van der Waals surface area contributed by atoms with Gasteiger partial charge in [-0.3, -0.25) is 9.59 Å². The van der Waals surface area contributed by atoms with Crippen molar-refractivity contribution in [3.8, 4) is 17.6 Å². The van der Waals surface area contributed by atoms with Crippen LogP contribution in [0.25, 0.3) is 0 Å². The van der Waals surface area contributed by atoms with Crippen molar-refractivity contribution in [3.63, 3.8) is 0 Å². The van der Waals surface area contributed by atoms with E-state index in [0.717, 1.165) is 0 Å². The maximum atomic E-state index is 10.5. The van der Waals surface area contributed by atoms with Gasteiger partial charge in [-0.15, -0.1) is 0 Å². The zero-order chi connectivity index (χ0) is 11.3. The number of rotatable bonds is 2. The fourth-order valence-corrected chi connectivity index (χ4v) is 0.960. The van der Waals surface area contributed by atoms with Crippen LogP contribution in [0.4, 0.5) is 0 Å². The summed E-state index contributed by atoms with van der Waals surface area (Å²) in [5.41, 5.74) is 5.62. The second-order valence-corrected chi connectivity index (χ2v) is 2.84. The molecule has 0 unspecified atom stereocenters. The molecule has 0 fully saturated rings. The van der Waals surface area contributed by atoms with E-state index in [-0.39, 0.29) is 17.7 Å². The molecule has 0 spiro atoms. The summed E-state index contributed by atoms with van der Waals surface area (Å²) in [5, 5.41) is 9.20.